The largest absolute Gasteiger partial charge is 0.472 e. The Bertz CT molecular complexity index is 1490. The lowest BCUT2D eigenvalue weighted by Crippen LogP contribution is -2.45. The van der Waals surface area contributed by atoms with Crippen LogP contribution in [0.25, 0.3) is 0 Å². The molecule has 0 fully saturated rings. The second-order valence-electron chi connectivity index (χ2n) is 19.6. The van der Waals surface area contributed by atoms with E-state index in [0.717, 1.165) is 83.5 Å². The van der Waals surface area contributed by atoms with Crippen LogP contribution < -0.4 is 5.32 Å². The lowest BCUT2D eigenvalue weighted by Gasteiger charge is -2.25. The molecule has 0 aliphatic carbocycles. The van der Waals surface area contributed by atoms with Gasteiger partial charge < -0.3 is 19.8 Å². The summed E-state index contributed by atoms with van der Waals surface area (Å²) in [5, 5.41) is 13.9. The first-order chi connectivity index (χ1) is 33.5. The van der Waals surface area contributed by atoms with Crippen LogP contribution in [0.2, 0.25) is 0 Å². The zero-order valence-corrected chi connectivity index (χ0v) is 45.9. The number of phosphoric ester groups is 1. The van der Waals surface area contributed by atoms with Gasteiger partial charge in [0.2, 0.25) is 5.91 Å². The van der Waals surface area contributed by atoms with Gasteiger partial charge in [-0.1, -0.05) is 232 Å². The lowest BCUT2D eigenvalue weighted by atomic mass is 10.0. The predicted molar refractivity (Wildman–Crippen MR) is 299 cm³/mol. The molecule has 0 aliphatic heterocycles. The zero-order valence-electron chi connectivity index (χ0n) is 45.0. The molecule has 0 rings (SSSR count). The van der Waals surface area contributed by atoms with Gasteiger partial charge >= 0.3 is 7.82 Å². The van der Waals surface area contributed by atoms with Gasteiger partial charge in [0.15, 0.2) is 0 Å². The fourth-order valence-corrected chi connectivity index (χ4v) is 8.15. The molecule has 0 spiro atoms. The summed E-state index contributed by atoms with van der Waals surface area (Å²) in [5.41, 5.74) is 0. The van der Waals surface area contributed by atoms with Gasteiger partial charge in [0.25, 0.3) is 0 Å². The number of amides is 1. The second kappa shape index (κ2) is 50.1. The van der Waals surface area contributed by atoms with E-state index in [2.05, 4.69) is 116 Å². The standard InChI is InChI=1S/C60H105N2O6P/c1-6-8-10-12-14-16-18-20-22-24-26-28-29-30-31-32-33-34-36-38-40-42-44-46-48-50-52-54-60(64)61-58(57-68-69(65,66)67-56-55-62(3,4)5)59(63)53-51-49-47-45-43-41-39-37-35-27-25-23-21-19-17-15-13-11-9-7-2/h8,10,14,16,20,22,26,28,30-31,33-34,38,40,44,46,51,53,58-59,63H,6-7,9,11-13,15,17-19,21,23-25,27,29,32,35-37,39,41-43,45,47-50,52,54-57H2,1-5H3,(H-,61,64,65,66)/p+1/b10-8-,16-14-,22-20-,28-26-,31-30-,34-33-,40-38-,46-44-,53-51+. The maximum absolute atomic E-state index is 13.0. The Morgan fingerprint density at radius 3 is 1.28 bits per heavy atom. The van der Waals surface area contributed by atoms with E-state index >= 15 is 0 Å². The van der Waals surface area contributed by atoms with E-state index in [4.69, 9.17) is 9.05 Å². The summed E-state index contributed by atoms with van der Waals surface area (Å²) in [6.07, 6.45) is 73.2. The van der Waals surface area contributed by atoms with Gasteiger partial charge in [0.1, 0.15) is 13.2 Å². The first-order valence-corrected chi connectivity index (χ1v) is 29.3. The Balaban J connectivity index is 4.39. The number of quaternary nitrogens is 1. The first kappa shape index (κ1) is 66.2. The monoisotopic (exact) mass is 982 g/mol. The Hall–Kier alpha value is -2.84. The van der Waals surface area contributed by atoms with Gasteiger partial charge in [-0.2, -0.15) is 0 Å². The fourth-order valence-electron chi connectivity index (χ4n) is 7.41. The lowest BCUT2D eigenvalue weighted by molar-refractivity contribution is -0.870. The van der Waals surface area contributed by atoms with Crippen molar-refractivity contribution in [3.8, 4) is 0 Å². The number of likely N-dealkylation sites (N-methyl/N-ethyl adjacent to an activating group) is 1. The summed E-state index contributed by atoms with van der Waals surface area (Å²) in [6.45, 7) is 4.66. The van der Waals surface area contributed by atoms with Crippen LogP contribution in [-0.2, 0) is 18.4 Å². The number of carbonyl (C=O) groups is 1. The van der Waals surface area contributed by atoms with E-state index in [1.807, 2.05) is 27.2 Å². The Labute approximate surface area is 425 Å². The molecule has 0 saturated carbocycles. The molecule has 0 aromatic rings. The molecule has 0 aromatic carbocycles. The van der Waals surface area contributed by atoms with Crippen LogP contribution >= 0.6 is 7.82 Å². The Morgan fingerprint density at radius 2 is 0.870 bits per heavy atom. The van der Waals surface area contributed by atoms with Crippen LogP contribution in [0.5, 0.6) is 0 Å². The number of nitrogens with one attached hydrogen (secondary N) is 1. The van der Waals surface area contributed by atoms with Crippen LogP contribution in [0.1, 0.15) is 213 Å². The first-order valence-electron chi connectivity index (χ1n) is 27.8. The van der Waals surface area contributed by atoms with Crippen molar-refractivity contribution in [2.24, 2.45) is 0 Å². The zero-order chi connectivity index (χ0) is 50.6. The van der Waals surface area contributed by atoms with Gasteiger partial charge in [-0.15, -0.1) is 0 Å². The molecule has 0 aliphatic rings. The van der Waals surface area contributed by atoms with Crippen LogP contribution in [0.15, 0.2) is 109 Å². The highest BCUT2D eigenvalue weighted by Gasteiger charge is 2.27. The van der Waals surface area contributed by atoms with Crippen LogP contribution in [-0.4, -0.2) is 73.4 Å². The molecule has 1 amide bonds. The van der Waals surface area contributed by atoms with E-state index < -0.39 is 20.0 Å². The van der Waals surface area contributed by atoms with Crippen molar-refractivity contribution in [1.82, 2.24) is 5.32 Å². The fraction of sp³-hybridized carbons (Fsp3) is 0.683. The topological polar surface area (TPSA) is 105 Å². The van der Waals surface area contributed by atoms with Gasteiger partial charge in [-0.25, -0.2) is 4.57 Å². The van der Waals surface area contributed by atoms with Crippen molar-refractivity contribution in [2.45, 2.75) is 225 Å². The summed E-state index contributed by atoms with van der Waals surface area (Å²) in [5.74, 6) is -0.223. The maximum Gasteiger partial charge on any atom is 0.472 e. The summed E-state index contributed by atoms with van der Waals surface area (Å²) in [7, 11) is 1.53. The number of rotatable bonds is 49. The number of carbonyl (C=O) groups excluding carboxylic acids is 1. The smallest absolute Gasteiger partial charge is 0.387 e. The normalized spacial score (nSPS) is 14.8. The molecular weight excluding hydrogens is 876 g/mol. The number of hydrogen-bond acceptors (Lipinski definition) is 5. The van der Waals surface area contributed by atoms with Crippen molar-refractivity contribution in [2.75, 3.05) is 40.9 Å². The number of aliphatic hydroxyl groups is 1. The molecule has 0 aromatic heterocycles. The van der Waals surface area contributed by atoms with Crippen molar-refractivity contribution in [3.05, 3.63) is 109 Å². The quantitative estimate of drug-likeness (QED) is 0.0243. The molecular formula is C60H106N2O6P+. The molecule has 69 heavy (non-hydrogen) atoms. The van der Waals surface area contributed by atoms with Crippen LogP contribution in [0, 0.1) is 0 Å². The highest BCUT2D eigenvalue weighted by molar-refractivity contribution is 7.47. The average Bonchev–Trinajstić information content (AvgIpc) is 3.31. The van der Waals surface area contributed by atoms with E-state index in [0.29, 0.717) is 23.9 Å². The molecule has 3 unspecified atom stereocenters. The summed E-state index contributed by atoms with van der Waals surface area (Å²) >= 11 is 0. The molecule has 0 saturated heterocycles. The van der Waals surface area contributed by atoms with Crippen LogP contribution in [0.4, 0.5) is 0 Å². The number of nitrogens with zero attached hydrogens (tertiary/aromatic N) is 1. The van der Waals surface area contributed by atoms with Crippen molar-refractivity contribution >= 4 is 13.7 Å². The van der Waals surface area contributed by atoms with E-state index in [9.17, 15) is 19.4 Å². The highest BCUT2D eigenvalue weighted by atomic mass is 31.2. The predicted octanol–water partition coefficient (Wildman–Crippen LogP) is 16.8. The minimum absolute atomic E-state index is 0.0468. The minimum Gasteiger partial charge on any atom is -0.387 e. The number of unbranched alkanes of at least 4 members (excludes halogenated alkanes) is 20. The minimum atomic E-state index is -4.37. The van der Waals surface area contributed by atoms with Gasteiger partial charge in [0.05, 0.1) is 39.9 Å². The number of hydrogen-bond donors (Lipinski definition) is 3. The SMILES string of the molecule is CC/C=C\C/C=C\C/C=C\C/C=C\C/C=C\C/C=C\C/C=C\C/C=C\CCCCC(=O)NC(COP(=O)(O)OCC[N+](C)(C)C)C(O)/C=C/CCCCCCCCCCCCCCCCCCCC. The molecule has 9 heteroatoms. The van der Waals surface area contributed by atoms with Crippen molar-refractivity contribution in [3.63, 3.8) is 0 Å². The van der Waals surface area contributed by atoms with E-state index in [1.165, 1.54) is 103 Å². The molecule has 396 valence electrons. The number of aliphatic hydroxyl groups excluding tert-OH is 1. The average molecular weight is 982 g/mol. The summed E-state index contributed by atoms with van der Waals surface area (Å²) < 4.78 is 23.7. The molecule has 0 bridgehead atoms. The molecule has 0 heterocycles. The van der Waals surface area contributed by atoms with Gasteiger partial charge in [0, 0.05) is 6.42 Å². The molecule has 0 radical (unpaired) electrons. The summed E-state index contributed by atoms with van der Waals surface area (Å²) in [4.78, 5) is 23.3. The molecule has 3 atom stereocenters. The van der Waals surface area contributed by atoms with Gasteiger partial charge in [-0.3, -0.25) is 13.8 Å². The van der Waals surface area contributed by atoms with Crippen LogP contribution in [0.3, 0.4) is 0 Å². The third-order valence-electron chi connectivity index (χ3n) is 11.7. The third kappa shape index (κ3) is 52.8. The van der Waals surface area contributed by atoms with Crippen molar-refractivity contribution in [1.29, 1.82) is 0 Å². The van der Waals surface area contributed by atoms with Gasteiger partial charge in [-0.05, 0) is 83.5 Å². The molecule has 3 N–H and O–H groups in total. The summed E-state index contributed by atoms with van der Waals surface area (Å²) in [6, 6.07) is -0.879. The second-order valence-corrected chi connectivity index (χ2v) is 21.0. The Kier molecular flexibility index (Phi) is 48.1. The highest BCUT2D eigenvalue weighted by Crippen LogP contribution is 2.43. The molecule has 8 nitrogen and oxygen atoms in total. The number of allylic oxidation sites excluding steroid dienone is 17. The third-order valence-corrected chi connectivity index (χ3v) is 12.7. The van der Waals surface area contributed by atoms with Crippen molar-refractivity contribution < 1.29 is 32.9 Å². The van der Waals surface area contributed by atoms with E-state index in [-0.39, 0.29) is 19.1 Å². The Morgan fingerprint density at radius 1 is 0.507 bits per heavy atom. The van der Waals surface area contributed by atoms with E-state index in [1.54, 1.807) is 6.08 Å². The maximum atomic E-state index is 13.0. The number of phosphoric acid groups is 1.